The van der Waals surface area contributed by atoms with E-state index in [0.717, 1.165) is 0 Å². The molecule has 0 aromatic heterocycles. The first-order chi connectivity index (χ1) is 10.5. The van der Waals surface area contributed by atoms with Gasteiger partial charge in [-0.1, -0.05) is 36.4 Å². The van der Waals surface area contributed by atoms with Crippen LogP contribution in [0.5, 0.6) is 0 Å². The fourth-order valence-corrected chi connectivity index (χ4v) is 2.61. The Balaban J connectivity index is 2.04. The van der Waals surface area contributed by atoms with Crippen LogP contribution in [0.1, 0.15) is 37.4 Å². The van der Waals surface area contributed by atoms with Crippen molar-refractivity contribution in [2.75, 3.05) is 0 Å². The third-order valence-corrected chi connectivity index (χ3v) is 3.76. The van der Waals surface area contributed by atoms with Gasteiger partial charge in [-0.2, -0.15) is 0 Å². The van der Waals surface area contributed by atoms with Crippen molar-refractivity contribution in [1.82, 2.24) is 0 Å². The molecule has 1 atom stereocenters. The number of aliphatic carboxylic acids is 1. The SMILES string of the molecule is N[C@H](Cc1ccc2c(c1)C(=O)c1ccccc1C2=O)C(=O)O. The van der Waals surface area contributed by atoms with Gasteiger partial charge in [-0.3, -0.25) is 14.4 Å². The minimum atomic E-state index is -1.11. The van der Waals surface area contributed by atoms with Gasteiger partial charge in [-0.15, -0.1) is 0 Å². The number of ketones is 2. The minimum Gasteiger partial charge on any atom is -0.480 e. The molecule has 0 spiro atoms. The molecule has 2 aromatic rings. The molecule has 3 N–H and O–H groups in total. The van der Waals surface area contributed by atoms with Crippen molar-refractivity contribution in [1.29, 1.82) is 0 Å². The molecule has 1 aliphatic rings. The van der Waals surface area contributed by atoms with Crippen LogP contribution in [-0.2, 0) is 11.2 Å². The Bertz CT molecular complexity index is 810. The number of carboxylic acid groups (broad SMARTS) is 1. The summed E-state index contributed by atoms with van der Waals surface area (Å²) in [7, 11) is 0. The molecule has 0 unspecified atom stereocenters. The largest absolute Gasteiger partial charge is 0.480 e. The first-order valence-electron chi connectivity index (χ1n) is 6.79. The highest BCUT2D eigenvalue weighted by Gasteiger charge is 2.29. The third-order valence-electron chi connectivity index (χ3n) is 3.76. The summed E-state index contributed by atoms with van der Waals surface area (Å²) in [6.07, 6.45) is 0.103. The molecule has 0 saturated carbocycles. The molecular weight excluding hydrogens is 282 g/mol. The highest BCUT2D eigenvalue weighted by atomic mass is 16.4. The number of nitrogens with two attached hydrogens (primary N) is 1. The van der Waals surface area contributed by atoms with Crippen molar-refractivity contribution in [3.63, 3.8) is 0 Å². The first-order valence-corrected chi connectivity index (χ1v) is 6.79. The van der Waals surface area contributed by atoms with E-state index in [2.05, 4.69) is 0 Å². The van der Waals surface area contributed by atoms with E-state index in [0.29, 0.717) is 27.8 Å². The predicted octanol–water partition coefficient (Wildman–Crippen LogP) is 1.42. The molecule has 22 heavy (non-hydrogen) atoms. The van der Waals surface area contributed by atoms with E-state index in [9.17, 15) is 14.4 Å². The van der Waals surface area contributed by atoms with Gasteiger partial charge in [-0.05, 0) is 18.1 Å². The van der Waals surface area contributed by atoms with Crippen LogP contribution in [-0.4, -0.2) is 28.7 Å². The van der Waals surface area contributed by atoms with Gasteiger partial charge < -0.3 is 10.8 Å². The summed E-state index contributed by atoms with van der Waals surface area (Å²) in [5, 5.41) is 8.86. The predicted molar refractivity (Wildman–Crippen MR) is 79.1 cm³/mol. The van der Waals surface area contributed by atoms with Crippen LogP contribution in [0.15, 0.2) is 42.5 Å². The van der Waals surface area contributed by atoms with Crippen LogP contribution in [0, 0.1) is 0 Å². The van der Waals surface area contributed by atoms with Crippen LogP contribution in [0.4, 0.5) is 0 Å². The van der Waals surface area contributed by atoms with Crippen LogP contribution < -0.4 is 5.73 Å². The van der Waals surface area contributed by atoms with Crippen molar-refractivity contribution in [2.45, 2.75) is 12.5 Å². The molecule has 3 rings (SSSR count). The molecule has 0 bridgehead atoms. The average molecular weight is 295 g/mol. The molecule has 1 aliphatic carbocycles. The third kappa shape index (κ3) is 2.21. The van der Waals surface area contributed by atoms with E-state index >= 15 is 0 Å². The van der Waals surface area contributed by atoms with Gasteiger partial charge in [0.15, 0.2) is 11.6 Å². The van der Waals surface area contributed by atoms with Gasteiger partial charge in [0.25, 0.3) is 0 Å². The van der Waals surface area contributed by atoms with E-state index in [-0.39, 0.29) is 18.0 Å². The number of carboxylic acids is 1. The highest BCUT2D eigenvalue weighted by molar-refractivity contribution is 6.28. The molecule has 5 nitrogen and oxygen atoms in total. The normalized spacial score (nSPS) is 14.2. The zero-order valence-corrected chi connectivity index (χ0v) is 11.6. The van der Waals surface area contributed by atoms with Crippen molar-refractivity contribution >= 4 is 17.5 Å². The lowest BCUT2D eigenvalue weighted by Gasteiger charge is -2.18. The van der Waals surface area contributed by atoms with Crippen LogP contribution in [0.25, 0.3) is 0 Å². The number of carbonyl (C=O) groups is 3. The molecule has 0 amide bonds. The smallest absolute Gasteiger partial charge is 0.320 e. The van der Waals surface area contributed by atoms with Crippen LogP contribution in [0.2, 0.25) is 0 Å². The fourth-order valence-electron chi connectivity index (χ4n) is 2.61. The lowest BCUT2D eigenvalue weighted by Crippen LogP contribution is -2.32. The zero-order valence-electron chi connectivity index (χ0n) is 11.6. The summed E-state index contributed by atoms with van der Waals surface area (Å²) < 4.78 is 0. The number of benzene rings is 2. The van der Waals surface area contributed by atoms with Gasteiger partial charge in [0.05, 0.1) is 0 Å². The van der Waals surface area contributed by atoms with Crippen LogP contribution >= 0.6 is 0 Å². The van der Waals surface area contributed by atoms with Gasteiger partial charge >= 0.3 is 5.97 Å². The lowest BCUT2D eigenvalue weighted by molar-refractivity contribution is -0.138. The molecule has 0 heterocycles. The molecule has 5 heteroatoms. The van der Waals surface area contributed by atoms with Gasteiger partial charge in [0.2, 0.25) is 0 Å². The Hall–Kier alpha value is -2.79. The second-order valence-corrected chi connectivity index (χ2v) is 5.23. The fraction of sp³-hybridized carbons (Fsp3) is 0.118. The quantitative estimate of drug-likeness (QED) is 0.761. The maximum Gasteiger partial charge on any atom is 0.320 e. The summed E-state index contributed by atoms with van der Waals surface area (Å²) in [5.74, 6) is -1.53. The van der Waals surface area contributed by atoms with E-state index in [1.165, 1.54) is 0 Å². The number of fused-ring (bicyclic) bond motifs is 2. The molecular formula is C17H13NO4. The maximum absolute atomic E-state index is 12.5. The number of hydrogen-bond donors (Lipinski definition) is 2. The number of hydrogen-bond acceptors (Lipinski definition) is 4. The van der Waals surface area contributed by atoms with Crippen molar-refractivity contribution < 1.29 is 19.5 Å². The second-order valence-electron chi connectivity index (χ2n) is 5.23. The Labute approximate surface area is 126 Å². The molecule has 0 aliphatic heterocycles. The summed E-state index contributed by atoms with van der Waals surface area (Å²) in [6, 6.07) is 10.4. The Morgan fingerprint density at radius 1 is 0.955 bits per heavy atom. The van der Waals surface area contributed by atoms with E-state index in [1.54, 1.807) is 42.5 Å². The molecule has 0 saturated heterocycles. The topological polar surface area (TPSA) is 97.5 Å². The summed E-state index contributed by atoms with van der Waals surface area (Å²) in [4.78, 5) is 35.8. The molecule has 2 aromatic carbocycles. The van der Waals surface area contributed by atoms with Crippen molar-refractivity contribution in [3.05, 3.63) is 70.3 Å². The van der Waals surface area contributed by atoms with Crippen molar-refractivity contribution in [3.8, 4) is 0 Å². The maximum atomic E-state index is 12.5. The summed E-state index contributed by atoms with van der Waals surface area (Å²) in [5.41, 5.74) is 7.55. The second kappa shape index (κ2) is 5.20. The van der Waals surface area contributed by atoms with Gasteiger partial charge in [0.1, 0.15) is 6.04 Å². The Morgan fingerprint density at radius 2 is 1.50 bits per heavy atom. The Kier molecular flexibility index (Phi) is 3.35. The van der Waals surface area contributed by atoms with Gasteiger partial charge in [-0.25, -0.2) is 0 Å². The summed E-state index contributed by atoms with van der Waals surface area (Å²) in [6.45, 7) is 0. The van der Waals surface area contributed by atoms with E-state index in [1.807, 2.05) is 0 Å². The van der Waals surface area contributed by atoms with Gasteiger partial charge in [0, 0.05) is 22.3 Å². The minimum absolute atomic E-state index is 0.103. The molecule has 0 fully saturated rings. The highest BCUT2D eigenvalue weighted by Crippen LogP contribution is 2.28. The number of carbonyl (C=O) groups excluding carboxylic acids is 2. The molecule has 0 radical (unpaired) electrons. The summed E-state index contributed by atoms with van der Waals surface area (Å²) >= 11 is 0. The average Bonchev–Trinajstić information content (AvgIpc) is 2.52. The standard InChI is InChI=1S/C17H13NO4/c18-14(17(21)22)8-9-5-6-12-13(7-9)16(20)11-4-2-1-3-10(11)15(12)19/h1-7,14H,8,18H2,(H,21,22)/t14-/m1/s1. The van der Waals surface area contributed by atoms with Crippen molar-refractivity contribution in [2.24, 2.45) is 5.73 Å². The zero-order chi connectivity index (χ0) is 15.9. The molecule has 110 valence electrons. The first kappa shape index (κ1) is 14.2. The monoisotopic (exact) mass is 295 g/mol. The Morgan fingerprint density at radius 3 is 2.09 bits per heavy atom. The van der Waals surface area contributed by atoms with Crippen LogP contribution in [0.3, 0.4) is 0 Å². The lowest BCUT2D eigenvalue weighted by atomic mass is 9.83. The number of rotatable bonds is 3. The van der Waals surface area contributed by atoms with E-state index in [4.69, 9.17) is 10.8 Å². The van der Waals surface area contributed by atoms with E-state index < -0.39 is 12.0 Å².